The highest BCUT2D eigenvalue weighted by Gasteiger charge is 2.04. The predicted molar refractivity (Wildman–Crippen MR) is 74.7 cm³/mol. The minimum Gasteiger partial charge on any atom is -0.324 e. The standard InChI is InChI=1S/C12H12N4O2S/c13-15-9-5-6-14-10(7-9)8-19-12-3-1-11(2-4-12)16(17)18/h1-7H,8,13H2,(H,14,15). The number of aromatic nitrogens is 1. The van der Waals surface area contributed by atoms with Gasteiger partial charge in [0.15, 0.2) is 0 Å². The summed E-state index contributed by atoms with van der Waals surface area (Å²) in [5.41, 5.74) is 4.34. The fourth-order valence-electron chi connectivity index (χ4n) is 1.47. The van der Waals surface area contributed by atoms with E-state index in [1.54, 1.807) is 36.2 Å². The molecule has 1 heterocycles. The Balaban J connectivity index is 1.99. The number of anilines is 1. The SMILES string of the molecule is NNc1ccnc(CSc2ccc([N+](=O)[O-])cc2)c1. The van der Waals surface area contributed by atoms with Crippen LogP contribution in [-0.4, -0.2) is 9.91 Å². The number of thioether (sulfide) groups is 1. The molecule has 6 nitrogen and oxygen atoms in total. The number of benzene rings is 1. The summed E-state index contributed by atoms with van der Waals surface area (Å²) < 4.78 is 0. The Bertz CT molecular complexity index is 574. The molecule has 2 aromatic rings. The first-order valence-corrected chi connectivity index (χ1v) is 6.46. The van der Waals surface area contributed by atoms with E-state index in [0.717, 1.165) is 16.3 Å². The lowest BCUT2D eigenvalue weighted by atomic mass is 10.3. The molecule has 0 saturated carbocycles. The highest BCUT2D eigenvalue weighted by molar-refractivity contribution is 7.98. The summed E-state index contributed by atoms with van der Waals surface area (Å²) in [6, 6.07) is 10.1. The molecule has 2 rings (SSSR count). The molecular formula is C12H12N4O2S. The number of non-ortho nitro benzene ring substituents is 1. The lowest BCUT2D eigenvalue weighted by Crippen LogP contribution is -2.07. The van der Waals surface area contributed by atoms with Gasteiger partial charge in [0.25, 0.3) is 5.69 Å². The Morgan fingerprint density at radius 1 is 1.32 bits per heavy atom. The zero-order chi connectivity index (χ0) is 13.7. The van der Waals surface area contributed by atoms with Crippen molar-refractivity contribution in [2.45, 2.75) is 10.6 Å². The van der Waals surface area contributed by atoms with Gasteiger partial charge in [-0.3, -0.25) is 20.9 Å². The van der Waals surface area contributed by atoms with Crippen molar-refractivity contribution in [3.63, 3.8) is 0 Å². The van der Waals surface area contributed by atoms with E-state index in [1.165, 1.54) is 12.1 Å². The summed E-state index contributed by atoms with van der Waals surface area (Å²) >= 11 is 1.56. The van der Waals surface area contributed by atoms with Gasteiger partial charge in [0, 0.05) is 29.0 Å². The highest BCUT2D eigenvalue weighted by atomic mass is 32.2. The second-order valence-corrected chi connectivity index (χ2v) is 4.77. The van der Waals surface area contributed by atoms with E-state index in [0.29, 0.717) is 5.75 Å². The van der Waals surface area contributed by atoms with Gasteiger partial charge in [0.2, 0.25) is 0 Å². The van der Waals surface area contributed by atoms with Crippen LogP contribution in [0, 0.1) is 10.1 Å². The number of pyridine rings is 1. The van der Waals surface area contributed by atoms with Gasteiger partial charge in [-0.2, -0.15) is 0 Å². The third-order valence-corrected chi connectivity index (χ3v) is 3.46. The van der Waals surface area contributed by atoms with E-state index in [-0.39, 0.29) is 5.69 Å². The number of nitrogens with one attached hydrogen (secondary N) is 1. The van der Waals surface area contributed by atoms with Crippen molar-refractivity contribution in [3.8, 4) is 0 Å². The molecule has 0 aliphatic rings. The fraction of sp³-hybridized carbons (Fsp3) is 0.0833. The first kappa shape index (κ1) is 13.3. The van der Waals surface area contributed by atoms with Gasteiger partial charge >= 0.3 is 0 Å². The van der Waals surface area contributed by atoms with E-state index in [2.05, 4.69) is 10.4 Å². The number of nitrogens with zero attached hydrogens (tertiary/aromatic N) is 2. The Labute approximate surface area is 114 Å². The quantitative estimate of drug-likeness (QED) is 0.377. The summed E-state index contributed by atoms with van der Waals surface area (Å²) in [6.07, 6.45) is 1.68. The third kappa shape index (κ3) is 3.67. The van der Waals surface area contributed by atoms with Gasteiger partial charge < -0.3 is 5.43 Å². The van der Waals surface area contributed by atoms with Crippen LogP contribution in [0.1, 0.15) is 5.69 Å². The van der Waals surface area contributed by atoms with Gasteiger partial charge in [-0.15, -0.1) is 11.8 Å². The number of nitro benzene ring substituents is 1. The van der Waals surface area contributed by atoms with E-state index >= 15 is 0 Å². The smallest absolute Gasteiger partial charge is 0.269 e. The number of nitro groups is 1. The Hall–Kier alpha value is -2.12. The minimum atomic E-state index is -0.410. The molecule has 3 N–H and O–H groups in total. The molecule has 0 amide bonds. The van der Waals surface area contributed by atoms with E-state index in [1.807, 2.05) is 6.07 Å². The summed E-state index contributed by atoms with van der Waals surface area (Å²) in [5.74, 6) is 6.00. The lowest BCUT2D eigenvalue weighted by molar-refractivity contribution is -0.384. The second kappa shape index (κ2) is 6.17. The molecule has 1 aromatic heterocycles. The zero-order valence-electron chi connectivity index (χ0n) is 9.95. The monoisotopic (exact) mass is 276 g/mol. The molecule has 1 aromatic carbocycles. The van der Waals surface area contributed by atoms with Crippen molar-refractivity contribution in [1.29, 1.82) is 0 Å². The van der Waals surface area contributed by atoms with E-state index in [9.17, 15) is 10.1 Å². The predicted octanol–water partition coefficient (Wildman–Crippen LogP) is 2.57. The third-order valence-electron chi connectivity index (χ3n) is 2.42. The maximum absolute atomic E-state index is 10.5. The summed E-state index contributed by atoms with van der Waals surface area (Å²) in [4.78, 5) is 15.3. The van der Waals surface area contributed by atoms with Gasteiger partial charge in [-0.05, 0) is 24.3 Å². The van der Waals surface area contributed by atoms with Gasteiger partial charge in [-0.25, -0.2) is 0 Å². The van der Waals surface area contributed by atoms with Gasteiger partial charge in [0.1, 0.15) is 0 Å². The maximum Gasteiger partial charge on any atom is 0.269 e. The van der Waals surface area contributed by atoms with Gasteiger partial charge in [0.05, 0.1) is 16.3 Å². The van der Waals surface area contributed by atoms with Crippen LogP contribution >= 0.6 is 11.8 Å². The fourth-order valence-corrected chi connectivity index (χ4v) is 2.27. The van der Waals surface area contributed by atoms with Crippen molar-refractivity contribution < 1.29 is 4.92 Å². The molecule has 0 saturated heterocycles. The molecular weight excluding hydrogens is 264 g/mol. The van der Waals surface area contributed by atoms with Crippen molar-refractivity contribution in [2.24, 2.45) is 5.84 Å². The van der Waals surface area contributed by atoms with Crippen molar-refractivity contribution >= 4 is 23.1 Å². The van der Waals surface area contributed by atoms with Crippen LogP contribution in [-0.2, 0) is 5.75 Å². The molecule has 19 heavy (non-hydrogen) atoms. The Morgan fingerprint density at radius 3 is 2.68 bits per heavy atom. The Morgan fingerprint density at radius 2 is 2.05 bits per heavy atom. The largest absolute Gasteiger partial charge is 0.324 e. The van der Waals surface area contributed by atoms with Crippen LogP contribution in [0.25, 0.3) is 0 Å². The van der Waals surface area contributed by atoms with Crippen LogP contribution in [0.4, 0.5) is 11.4 Å². The average molecular weight is 276 g/mol. The van der Waals surface area contributed by atoms with Crippen LogP contribution in [0.15, 0.2) is 47.5 Å². The van der Waals surface area contributed by atoms with Crippen LogP contribution < -0.4 is 11.3 Å². The number of nitrogens with two attached hydrogens (primary N) is 1. The van der Waals surface area contributed by atoms with Crippen molar-refractivity contribution in [3.05, 3.63) is 58.4 Å². The second-order valence-electron chi connectivity index (χ2n) is 3.72. The maximum atomic E-state index is 10.5. The molecule has 0 spiro atoms. The molecule has 0 fully saturated rings. The minimum absolute atomic E-state index is 0.0943. The highest BCUT2D eigenvalue weighted by Crippen LogP contribution is 2.24. The molecule has 0 radical (unpaired) electrons. The van der Waals surface area contributed by atoms with Gasteiger partial charge in [-0.1, -0.05) is 0 Å². The zero-order valence-corrected chi connectivity index (χ0v) is 10.8. The van der Waals surface area contributed by atoms with Crippen LogP contribution in [0.5, 0.6) is 0 Å². The number of rotatable bonds is 5. The molecule has 0 bridgehead atoms. The number of hydrogen-bond acceptors (Lipinski definition) is 6. The van der Waals surface area contributed by atoms with Crippen LogP contribution in [0.3, 0.4) is 0 Å². The molecule has 0 aliphatic heterocycles. The first-order chi connectivity index (χ1) is 9.19. The number of hydrazine groups is 1. The summed E-state index contributed by atoms with van der Waals surface area (Å²) in [7, 11) is 0. The summed E-state index contributed by atoms with van der Waals surface area (Å²) in [5, 5.41) is 10.5. The van der Waals surface area contributed by atoms with Crippen LogP contribution in [0.2, 0.25) is 0 Å². The topological polar surface area (TPSA) is 94.1 Å². The molecule has 0 unspecified atom stereocenters. The average Bonchev–Trinajstić information content (AvgIpc) is 2.46. The normalized spacial score (nSPS) is 10.2. The molecule has 0 atom stereocenters. The lowest BCUT2D eigenvalue weighted by Gasteiger charge is -2.04. The molecule has 98 valence electrons. The summed E-state index contributed by atoms with van der Waals surface area (Å²) in [6.45, 7) is 0. The van der Waals surface area contributed by atoms with E-state index in [4.69, 9.17) is 5.84 Å². The first-order valence-electron chi connectivity index (χ1n) is 5.48. The molecule has 0 aliphatic carbocycles. The van der Waals surface area contributed by atoms with Crippen molar-refractivity contribution in [2.75, 3.05) is 5.43 Å². The molecule has 7 heteroatoms. The Kier molecular flexibility index (Phi) is 4.32. The van der Waals surface area contributed by atoms with E-state index < -0.39 is 4.92 Å². The number of hydrogen-bond donors (Lipinski definition) is 2. The van der Waals surface area contributed by atoms with Crippen molar-refractivity contribution in [1.82, 2.24) is 4.98 Å². The number of nitrogen functional groups attached to an aromatic ring is 1.